The largest absolute Gasteiger partial charge is 0.460 e. The number of rotatable bonds is 7. The third kappa shape index (κ3) is 5.58. The van der Waals surface area contributed by atoms with E-state index >= 15 is 0 Å². The first kappa shape index (κ1) is 15.5. The SMILES string of the molecule is O=C(OCc1ccccc1)C(Cl)COCc1ccccc1. The zero-order chi connectivity index (χ0) is 14.9. The molecule has 0 aliphatic carbocycles. The van der Waals surface area contributed by atoms with Crippen LogP contribution in [0.25, 0.3) is 0 Å². The van der Waals surface area contributed by atoms with Crippen molar-refractivity contribution in [2.24, 2.45) is 0 Å². The second-order valence-electron chi connectivity index (χ2n) is 4.56. The third-order valence-electron chi connectivity index (χ3n) is 2.86. The van der Waals surface area contributed by atoms with Crippen molar-refractivity contribution in [2.45, 2.75) is 18.6 Å². The van der Waals surface area contributed by atoms with Crippen LogP contribution >= 0.6 is 11.6 Å². The summed E-state index contributed by atoms with van der Waals surface area (Å²) in [4.78, 5) is 11.7. The van der Waals surface area contributed by atoms with Crippen LogP contribution in [0.3, 0.4) is 0 Å². The normalized spacial score (nSPS) is 11.9. The van der Waals surface area contributed by atoms with E-state index < -0.39 is 11.3 Å². The molecule has 21 heavy (non-hydrogen) atoms. The van der Waals surface area contributed by atoms with Crippen molar-refractivity contribution in [3.8, 4) is 0 Å². The molecule has 0 fully saturated rings. The summed E-state index contributed by atoms with van der Waals surface area (Å²) in [5.41, 5.74) is 1.97. The van der Waals surface area contributed by atoms with Gasteiger partial charge in [-0.05, 0) is 11.1 Å². The molecule has 0 N–H and O–H groups in total. The average Bonchev–Trinajstić information content (AvgIpc) is 2.54. The molecule has 2 aromatic carbocycles. The van der Waals surface area contributed by atoms with E-state index in [2.05, 4.69) is 0 Å². The lowest BCUT2D eigenvalue weighted by atomic mass is 10.2. The van der Waals surface area contributed by atoms with Gasteiger partial charge in [0.15, 0.2) is 5.38 Å². The summed E-state index contributed by atoms with van der Waals surface area (Å²) >= 11 is 5.96. The van der Waals surface area contributed by atoms with Crippen molar-refractivity contribution in [2.75, 3.05) is 6.61 Å². The highest BCUT2D eigenvalue weighted by Crippen LogP contribution is 2.07. The van der Waals surface area contributed by atoms with Gasteiger partial charge in [0.25, 0.3) is 0 Å². The highest BCUT2D eigenvalue weighted by Gasteiger charge is 2.17. The Morgan fingerprint density at radius 2 is 1.43 bits per heavy atom. The van der Waals surface area contributed by atoms with Crippen LogP contribution in [0.1, 0.15) is 11.1 Å². The standard InChI is InChI=1S/C17H17ClO3/c18-16(13-20-11-14-7-3-1-4-8-14)17(19)21-12-15-9-5-2-6-10-15/h1-10,16H,11-13H2. The van der Waals surface area contributed by atoms with E-state index in [9.17, 15) is 4.79 Å². The summed E-state index contributed by atoms with van der Waals surface area (Å²) in [5, 5.41) is -0.794. The molecular weight excluding hydrogens is 288 g/mol. The van der Waals surface area contributed by atoms with Gasteiger partial charge < -0.3 is 9.47 Å². The van der Waals surface area contributed by atoms with Crippen molar-refractivity contribution in [1.82, 2.24) is 0 Å². The summed E-state index contributed by atoms with van der Waals surface area (Å²) in [5.74, 6) is -0.464. The molecule has 1 atom stereocenters. The molecule has 0 saturated carbocycles. The second-order valence-corrected chi connectivity index (χ2v) is 5.09. The summed E-state index contributed by atoms with van der Waals surface area (Å²) in [6, 6.07) is 19.2. The number of hydrogen-bond acceptors (Lipinski definition) is 3. The lowest BCUT2D eigenvalue weighted by Gasteiger charge is -2.10. The van der Waals surface area contributed by atoms with Gasteiger partial charge in [0, 0.05) is 0 Å². The van der Waals surface area contributed by atoms with Crippen LogP contribution in [-0.4, -0.2) is 18.0 Å². The summed E-state index contributed by atoms with van der Waals surface area (Å²) in [7, 11) is 0. The lowest BCUT2D eigenvalue weighted by molar-refractivity contribution is -0.145. The summed E-state index contributed by atoms with van der Waals surface area (Å²) in [6.45, 7) is 0.779. The maximum atomic E-state index is 11.7. The van der Waals surface area contributed by atoms with E-state index in [1.165, 1.54) is 0 Å². The van der Waals surface area contributed by atoms with Gasteiger partial charge in [-0.3, -0.25) is 4.79 Å². The van der Waals surface area contributed by atoms with Crippen molar-refractivity contribution in [3.05, 3.63) is 71.8 Å². The quantitative estimate of drug-likeness (QED) is 0.579. The van der Waals surface area contributed by atoms with Crippen LogP contribution in [0.4, 0.5) is 0 Å². The Bertz CT molecular complexity index is 542. The molecule has 0 radical (unpaired) electrons. The molecule has 2 rings (SSSR count). The molecule has 1 unspecified atom stereocenters. The molecular formula is C17H17ClO3. The van der Waals surface area contributed by atoms with E-state index in [1.807, 2.05) is 60.7 Å². The Morgan fingerprint density at radius 3 is 2.00 bits per heavy atom. The number of halogens is 1. The number of benzene rings is 2. The first-order valence-corrected chi connectivity index (χ1v) is 7.15. The lowest BCUT2D eigenvalue weighted by Crippen LogP contribution is -2.23. The van der Waals surface area contributed by atoms with Crippen LogP contribution in [0.2, 0.25) is 0 Å². The molecule has 2 aromatic rings. The molecule has 0 aliphatic heterocycles. The van der Waals surface area contributed by atoms with Crippen LogP contribution in [-0.2, 0) is 27.5 Å². The van der Waals surface area contributed by atoms with Gasteiger partial charge in [-0.1, -0.05) is 60.7 Å². The van der Waals surface area contributed by atoms with E-state index in [0.717, 1.165) is 11.1 Å². The molecule has 0 saturated heterocycles. The fourth-order valence-corrected chi connectivity index (χ4v) is 1.89. The Morgan fingerprint density at radius 1 is 0.905 bits per heavy atom. The average molecular weight is 305 g/mol. The van der Waals surface area contributed by atoms with Crippen LogP contribution in [0.5, 0.6) is 0 Å². The zero-order valence-electron chi connectivity index (χ0n) is 11.6. The van der Waals surface area contributed by atoms with Crippen molar-refractivity contribution < 1.29 is 14.3 Å². The highest BCUT2D eigenvalue weighted by molar-refractivity contribution is 6.30. The zero-order valence-corrected chi connectivity index (χ0v) is 12.3. The maximum Gasteiger partial charge on any atom is 0.326 e. The van der Waals surface area contributed by atoms with E-state index in [-0.39, 0.29) is 13.2 Å². The molecule has 0 amide bonds. The van der Waals surface area contributed by atoms with Crippen LogP contribution < -0.4 is 0 Å². The predicted octanol–water partition coefficient (Wildman–Crippen LogP) is 3.55. The summed E-state index contributed by atoms with van der Waals surface area (Å²) < 4.78 is 10.6. The minimum atomic E-state index is -0.794. The summed E-state index contributed by atoms with van der Waals surface area (Å²) in [6.07, 6.45) is 0. The maximum absolute atomic E-state index is 11.7. The fraction of sp³-hybridized carbons (Fsp3) is 0.235. The van der Waals surface area contributed by atoms with Gasteiger partial charge in [0.2, 0.25) is 0 Å². The van der Waals surface area contributed by atoms with Gasteiger partial charge in [-0.2, -0.15) is 0 Å². The Kier molecular flexibility index (Phi) is 6.25. The fourth-order valence-electron chi connectivity index (χ4n) is 1.74. The van der Waals surface area contributed by atoms with Crippen molar-refractivity contribution >= 4 is 17.6 Å². The van der Waals surface area contributed by atoms with Crippen molar-refractivity contribution in [3.63, 3.8) is 0 Å². The molecule has 0 aromatic heterocycles. The topological polar surface area (TPSA) is 35.5 Å². The monoisotopic (exact) mass is 304 g/mol. The van der Waals surface area contributed by atoms with E-state index in [1.54, 1.807) is 0 Å². The Hall–Kier alpha value is -1.84. The van der Waals surface area contributed by atoms with Crippen LogP contribution in [0, 0.1) is 0 Å². The molecule has 110 valence electrons. The van der Waals surface area contributed by atoms with Crippen molar-refractivity contribution in [1.29, 1.82) is 0 Å². The number of carbonyl (C=O) groups is 1. The molecule has 0 bridgehead atoms. The van der Waals surface area contributed by atoms with Crippen LogP contribution in [0.15, 0.2) is 60.7 Å². The number of alkyl halides is 1. The smallest absolute Gasteiger partial charge is 0.326 e. The molecule has 0 heterocycles. The minimum Gasteiger partial charge on any atom is -0.460 e. The molecule has 0 spiro atoms. The number of esters is 1. The number of carbonyl (C=O) groups excluding carboxylic acids is 1. The predicted molar refractivity (Wildman–Crippen MR) is 82.0 cm³/mol. The van der Waals surface area contributed by atoms with Gasteiger partial charge in [-0.15, -0.1) is 11.6 Å². The molecule has 4 heteroatoms. The highest BCUT2D eigenvalue weighted by atomic mass is 35.5. The first-order chi connectivity index (χ1) is 10.3. The van der Waals surface area contributed by atoms with Gasteiger partial charge >= 0.3 is 5.97 Å². The minimum absolute atomic E-state index is 0.129. The molecule has 3 nitrogen and oxygen atoms in total. The van der Waals surface area contributed by atoms with Gasteiger partial charge in [0.05, 0.1) is 13.2 Å². The molecule has 0 aliphatic rings. The first-order valence-electron chi connectivity index (χ1n) is 6.72. The Labute approximate surface area is 129 Å². The second kappa shape index (κ2) is 8.45. The number of hydrogen-bond donors (Lipinski definition) is 0. The van der Waals surface area contributed by atoms with E-state index in [4.69, 9.17) is 21.1 Å². The third-order valence-corrected chi connectivity index (χ3v) is 3.16. The van der Waals surface area contributed by atoms with Gasteiger partial charge in [0.1, 0.15) is 6.61 Å². The number of ether oxygens (including phenoxy) is 2. The Balaban J connectivity index is 1.68. The van der Waals surface area contributed by atoms with Gasteiger partial charge in [-0.25, -0.2) is 0 Å². The van der Waals surface area contributed by atoms with E-state index in [0.29, 0.717) is 6.61 Å².